The molecule has 13 heavy (non-hydrogen) atoms. The molecule has 0 aromatic carbocycles. The summed E-state index contributed by atoms with van der Waals surface area (Å²) in [4.78, 5) is 0. The second-order valence-corrected chi connectivity index (χ2v) is 5.21. The van der Waals surface area contributed by atoms with Crippen molar-refractivity contribution in [3.8, 4) is 0 Å². The molecule has 0 heterocycles. The molecule has 1 rings (SSSR count). The average Bonchev–Trinajstić information content (AvgIpc) is 2.63. The lowest BCUT2D eigenvalue weighted by atomic mass is 10.1. The van der Waals surface area contributed by atoms with Gasteiger partial charge in [0.15, 0.2) is 5.11 Å². The van der Waals surface area contributed by atoms with Gasteiger partial charge in [0, 0.05) is 18.3 Å². The van der Waals surface area contributed by atoms with Gasteiger partial charge in [0.1, 0.15) is 0 Å². The largest absolute Gasteiger partial charge is 0.366 e. The Kier molecular flexibility index (Phi) is 4.32. The molecule has 0 atom stereocenters. The summed E-state index contributed by atoms with van der Waals surface area (Å²) >= 11 is 7.04. The standard InChI is InChI=1S/C9H18N2S2/c1-10-8(12)11-7-9(13-2)5-3-4-6-9/h3-7H2,1-2H3,(H2,10,11,12). The maximum atomic E-state index is 5.06. The fourth-order valence-corrected chi connectivity index (χ4v) is 2.79. The van der Waals surface area contributed by atoms with E-state index in [2.05, 4.69) is 16.9 Å². The third-order valence-corrected chi connectivity index (χ3v) is 4.51. The third kappa shape index (κ3) is 3.02. The van der Waals surface area contributed by atoms with Gasteiger partial charge in [-0.05, 0) is 31.3 Å². The molecule has 4 heteroatoms. The predicted molar refractivity (Wildman–Crippen MR) is 64.4 cm³/mol. The van der Waals surface area contributed by atoms with Crippen LogP contribution in [0.1, 0.15) is 25.7 Å². The number of nitrogens with one attached hydrogen (secondary N) is 2. The van der Waals surface area contributed by atoms with Crippen molar-refractivity contribution in [2.45, 2.75) is 30.4 Å². The van der Waals surface area contributed by atoms with E-state index in [-0.39, 0.29) is 0 Å². The van der Waals surface area contributed by atoms with E-state index in [0.717, 1.165) is 11.7 Å². The van der Waals surface area contributed by atoms with Crippen molar-refractivity contribution < 1.29 is 0 Å². The summed E-state index contributed by atoms with van der Waals surface area (Å²) < 4.78 is 0.445. The maximum absolute atomic E-state index is 5.06. The Morgan fingerprint density at radius 1 is 1.46 bits per heavy atom. The van der Waals surface area contributed by atoms with Crippen LogP contribution in [-0.2, 0) is 0 Å². The number of hydrogen-bond donors (Lipinski definition) is 2. The molecule has 0 spiro atoms. The van der Waals surface area contributed by atoms with Crippen LogP contribution in [0, 0.1) is 0 Å². The molecular weight excluding hydrogens is 200 g/mol. The van der Waals surface area contributed by atoms with Gasteiger partial charge in [-0.15, -0.1) is 0 Å². The van der Waals surface area contributed by atoms with E-state index >= 15 is 0 Å². The van der Waals surface area contributed by atoms with Crippen LogP contribution in [0.2, 0.25) is 0 Å². The Morgan fingerprint density at radius 3 is 2.54 bits per heavy atom. The molecular formula is C9H18N2S2. The van der Waals surface area contributed by atoms with Crippen LogP contribution in [-0.4, -0.2) is 29.7 Å². The lowest BCUT2D eigenvalue weighted by Gasteiger charge is -2.27. The van der Waals surface area contributed by atoms with Crippen molar-refractivity contribution in [1.82, 2.24) is 10.6 Å². The number of thiocarbonyl (C=S) groups is 1. The zero-order valence-electron chi connectivity index (χ0n) is 8.35. The van der Waals surface area contributed by atoms with Crippen LogP contribution in [0.15, 0.2) is 0 Å². The van der Waals surface area contributed by atoms with Crippen LogP contribution in [0.3, 0.4) is 0 Å². The number of thioether (sulfide) groups is 1. The van der Waals surface area contributed by atoms with Gasteiger partial charge >= 0.3 is 0 Å². The van der Waals surface area contributed by atoms with Gasteiger partial charge in [-0.3, -0.25) is 0 Å². The van der Waals surface area contributed by atoms with Crippen molar-refractivity contribution in [2.24, 2.45) is 0 Å². The van der Waals surface area contributed by atoms with E-state index in [1.54, 1.807) is 0 Å². The Balaban J connectivity index is 2.35. The fraction of sp³-hybridized carbons (Fsp3) is 0.889. The zero-order chi connectivity index (χ0) is 9.73. The summed E-state index contributed by atoms with van der Waals surface area (Å²) in [5.74, 6) is 0. The van der Waals surface area contributed by atoms with Crippen molar-refractivity contribution >= 4 is 29.1 Å². The van der Waals surface area contributed by atoms with E-state index < -0.39 is 0 Å². The minimum atomic E-state index is 0.445. The Labute approximate surface area is 90.2 Å². The summed E-state index contributed by atoms with van der Waals surface area (Å²) in [5.41, 5.74) is 0. The van der Waals surface area contributed by atoms with Gasteiger partial charge < -0.3 is 10.6 Å². The van der Waals surface area contributed by atoms with Gasteiger partial charge in [0.2, 0.25) is 0 Å². The van der Waals surface area contributed by atoms with Crippen molar-refractivity contribution in [3.05, 3.63) is 0 Å². The Hall–Kier alpha value is 0.0400. The Morgan fingerprint density at radius 2 is 2.08 bits per heavy atom. The molecule has 2 nitrogen and oxygen atoms in total. The molecule has 0 aromatic heterocycles. The highest BCUT2D eigenvalue weighted by Gasteiger charge is 2.32. The second kappa shape index (κ2) is 5.05. The van der Waals surface area contributed by atoms with Crippen molar-refractivity contribution in [1.29, 1.82) is 0 Å². The van der Waals surface area contributed by atoms with Crippen LogP contribution in [0.25, 0.3) is 0 Å². The average molecular weight is 218 g/mol. The van der Waals surface area contributed by atoms with Gasteiger partial charge in [-0.1, -0.05) is 12.8 Å². The van der Waals surface area contributed by atoms with E-state index in [1.807, 2.05) is 18.8 Å². The topological polar surface area (TPSA) is 24.1 Å². The molecule has 1 aliphatic carbocycles. The van der Waals surface area contributed by atoms with E-state index in [0.29, 0.717) is 4.75 Å². The fourth-order valence-electron chi connectivity index (χ4n) is 1.80. The first-order valence-corrected chi connectivity index (χ1v) is 6.36. The van der Waals surface area contributed by atoms with Crippen molar-refractivity contribution in [2.75, 3.05) is 19.8 Å². The smallest absolute Gasteiger partial charge is 0.166 e. The summed E-state index contributed by atoms with van der Waals surface area (Å²) in [6.45, 7) is 1.01. The molecule has 76 valence electrons. The predicted octanol–water partition coefficient (Wildman–Crippen LogP) is 1.76. The highest BCUT2D eigenvalue weighted by atomic mass is 32.2. The van der Waals surface area contributed by atoms with Gasteiger partial charge in [-0.25, -0.2) is 0 Å². The molecule has 1 saturated carbocycles. The summed E-state index contributed by atoms with van der Waals surface area (Å²) in [6, 6.07) is 0. The lowest BCUT2D eigenvalue weighted by Crippen LogP contribution is -2.42. The van der Waals surface area contributed by atoms with Crippen LogP contribution in [0.4, 0.5) is 0 Å². The monoisotopic (exact) mass is 218 g/mol. The summed E-state index contributed by atoms with van der Waals surface area (Å²) in [6.07, 6.45) is 7.60. The minimum absolute atomic E-state index is 0.445. The first kappa shape index (κ1) is 11.1. The molecule has 0 unspecified atom stereocenters. The van der Waals surface area contributed by atoms with E-state index in [1.165, 1.54) is 25.7 Å². The third-order valence-electron chi connectivity index (χ3n) is 2.75. The molecule has 0 bridgehead atoms. The minimum Gasteiger partial charge on any atom is -0.366 e. The molecule has 0 amide bonds. The molecule has 0 saturated heterocycles. The Bertz CT molecular complexity index is 176. The zero-order valence-corrected chi connectivity index (χ0v) is 9.99. The maximum Gasteiger partial charge on any atom is 0.166 e. The number of hydrogen-bond acceptors (Lipinski definition) is 2. The summed E-state index contributed by atoms with van der Waals surface area (Å²) in [7, 11) is 1.86. The van der Waals surface area contributed by atoms with E-state index in [4.69, 9.17) is 12.2 Å². The van der Waals surface area contributed by atoms with Gasteiger partial charge in [0.05, 0.1) is 0 Å². The van der Waals surface area contributed by atoms with Gasteiger partial charge in [0.25, 0.3) is 0 Å². The molecule has 2 N–H and O–H groups in total. The van der Waals surface area contributed by atoms with Crippen LogP contribution >= 0.6 is 24.0 Å². The van der Waals surface area contributed by atoms with Gasteiger partial charge in [-0.2, -0.15) is 11.8 Å². The van der Waals surface area contributed by atoms with Crippen LogP contribution in [0.5, 0.6) is 0 Å². The molecule has 1 aliphatic rings. The first-order valence-electron chi connectivity index (χ1n) is 4.73. The van der Waals surface area contributed by atoms with Crippen molar-refractivity contribution in [3.63, 3.8) is 0 Å². The van der Waals surface area contributed by atoms with E-state index in [9.17, 15) is 0 Å². The normalized spacial score (nSPS) is 19.8. The lowest BCUT2D eigenvalue weighted by molar-refractivity contribution is 0.589. The SMILES string of the molecule is CNC(=S)NCC1(SC)CCCC1. The highest BCUT2D eigenvalue weighted by molar-refractivity contribution is 8.00. The van der Waals surface area contributed by atoms with Crippen LogP contribution < -0.4 is 10.6 Å². The highest BCUT2D eigenvalue weighted by Crippen LogP contribution is 2.39. The second-order valence-electron chi connectivity index (χ2n) is 3.53. The molecule has 0 aliphatic heterocycles. The molecule has 1 fully saturated rings. The molecule has 0 radical (unpaired) electrons. The first-order chi connectivity index (χ1) is 6.22. The molecule has 0 aromatic rings. The number of rotatable bonds is 3. The summed E-state index contributed by atoms with van der Waals surface area (Å²) in [5, 5.41) is 6.97. The quantitative estimate of drug-likeness (QED) is 0.705.